The molecule has 4 rings (SSSR count). The summed E-state index contributed by atoms with van der Waals surface area (Å²) in [6.07, 6.45) is 9.11. The number of carbonyl (C=O) groups excluding carboxylic acids is 1. The lowest BCUT2D eigenvalue weighted by atomic mass is 10.0. The van der Waals surface area contributed by atoms with E-state index in [4.69, 9.17) is 4.74 Å². The van der Waals surface area contributed by atoms with Gasteiger partial charge in [0.15, 0.2) is 0 Å². The van der Waals surface area contributed by atoms with Crippen molar-refractivity contribution in [2.24, 2.45) is 5.92 Å². The Bertz CT molecular complexity index is 782. The van der Waals surface area contributed by atoms with Crippen LogP contribution < -0.4 is 4.74 Å². The van der Waals surface area contributed by atoms with Gasteiger partial charge in [-0.2, -0.15) is 0 Å². The Morgan fingerprint density at radius 3 is 2.52 bits per heavy atom. The molecule has 1 saturated heterocycles. The maximum absolute atomic E-state index is 13.1. The summed E-state index contributed by atoms with van der Waals surface area (Å²) < 4.78 is 5.23. The number of ether oxygens (including phenoxy) is 1. The smallest absolute Gasteiger partial charge is 0.255 e. The van der Waals surface area contributed by atoms with E-state index in [1.165, 1.54) is 18.4 Å². The van der Waals surface area contributed by atoms with E-state index in [0.29, 0.717) is 12.0 Å². The van der Waals surface area contributed by atoms with Crippen LogP contribution in [-0.4, -0.2) is 60.0 Å². The zero-order valence-corrected chi connectivity index (χ0v) is 17.3. The number of hydrogen-bond acceptors (Lipinski definition) is 4. The average molecular weight is 394 g/mol. The molecule has 2 heterocycles. The quantitative estimate of drug-likeness (QED) is 0.687. The third kappa shape index (κ3) is 5.36. The van der Waals surface area contributed by atoms with Crippen LogP contribution in [0, 0.1) is 5.92 Å². The molecule has 29 heavy (non-hydrogen) atoms. The minimum atomic E-state index is 0.154. The highest BCUT2D eigenvalue weighted by Gasteiger charge is 2.33. The molecule has 0 atom stereocenters. The van der Waals surface area contributed by atoms with Gasteiger partial charge >= 0.3 is 0 Å². The van der Waals surface area contributed by atoms with Crippen molar-refractivity contribution < 1.29 is 9.53 Å². The van der Waals surface area contributed by atoms with Crippen molar-refractivity contribution in [2.75, 3.05) is 33.3 Å². The first-order valence-electron chi connectivity index (χ1n) is 10.8. The average Bonchev–Trinajstić information content (AvgIpc) is 3.61. The summed E-state index contributed by atoms with van der Waals surface area (Å²) in [5, 5.41) is 0. The fourth-order valence-corrected chi connectivity index (χ4v) is 4.17. The summed E-state index contributed by atoms with van der Waals surface area (Å²) >= 11 is 0. The zero-order chi connectivity index (χ0) is 20.1. The molecule has 0 N–H and O–H groups in total. The molecule has 1 aliphatic carbocycles. The number of pyridine rings is 1. The number of hydrogen-bond donors (Lipinski definition) is 0. The summed E-state index contributed by atoms with van der Waals surface area (Å²) in [6.45, 7) is 4.09. The minimum absolute atomic E-state index is 0.154. The van der Waals surface area contributed by atoms with Crippen LogP contribution in [-0.2, 0) is 6.42 Å². The van der Waals surface area contributed by atoms with E-state index in [1.807, 2.05) is 24.3 Å². The van der Waals surface area contributed by atoms with E-state index < -0.39 is 0 Å². The second kappa shape index (κ2) is 9.40. The van der Waals surface area contributed by atoms with Gasteiger partial charge in [-0.15, -0.1) is 0 Å². The van der Waals surface area contributed by atoms with Crippen molar-refractivity contribution in [3.63, 3.8) is 0 Å². The van der Waals surface area contributed by atoms with Gasteiger partial charge in [-0.3, -0.25) is 9.78 Å². The highest BCUT2D eigenvalue weighted by molar-refractivity contribution is 5.94. The van der Waals surface area contributed by atoms with Gasteiger partial charge in [-0.25, -0.2) is 0 Å². The topological polar surface area (TPSA) is 45.7 Å². The lowest BCUT2D eigenvalue weighted by molar-refractivity contribution is 0.0559. The molecule has 2 aromatic rings. The lowest BCUT2D eigenvalue weighted by Gasteiger charge is -2.39. The summed E-state index contributed by atoms with van der Waals surface area (Å²) in [7, 11) is 1.70. The predicted molar refractivity (Wildman–Crippen MR) is 114 cm³/mol. The first-order valence-corrected chi connectivity index (χ1v) is 10.8. The molecular weight excluding hydrogens is 362 g/mol. The first-order chi connectivity index (χ1) is 14.2. The van der Waals surface area contributed by atoms with E-state index in [2.05, 4.69) is 26.9 Å². The second-order valence-corrected chi connectivity index (χ2v) is 8.31. The van der Waals surface area contributed by atoms with Gasteiger partial charge in [0.25, 0.3) is 5.91 Å². The largest absolute Gasteiger partial charge is 0.497 e. The SMILES string of the molecule is COc1ccc(CCN2CCC(N(CC3CC3)C(=O)c3cccnc3)CC2)cc1. The van der Waals surface area contributed by atoms with Crippen molar-refractivity contribution in [2.45, 2.75) is 38.1 Å². The molecule has 2 fully saturated rings. The third-order valence-electron chi connectivity index (χ3n) is 6.19. The number of carbonyl (C=O) groups is 1. The molecule has 2 aliphatic rings. The fraction of sp³-hybridized carbons (Fsp3) is 0.500. The van der Waals surface area contributed by atoms with Gasteiger partial charge in [0.2, 0.25) is 0 Å². The monoisotopic (exact) mass is 393 g/mol. The van der Waals surface area contributed by atoms with Crippen molar-refractivity contribution in [3.8, 4) is 5.75 Å². The molecule has 5 heteroatoms. The summed E-state index contributed by atoms with van der Waals surface area (Å²) in [6, 6.07) is 12.4. The number of amides is 1. The van der Waals surface area contributed by atoms with E-state index in [1.54, 1.807) is 19.5 Å². The van der Waals surface area contributed by atoms with Crippen LogP contribution in [0.15, 0.2) is 48.8 Å². The number of nitrogens with zero attached hydrogens (tertiary/aromatic N) is 3. The number of benzene rings is 1. The van der Waals surface area contributed by atoms with Gasteiger partial charge in [0, 0.05) is 44.6 Å². The van der Waals surface area contributed by atoms with Crippen molar-refractivity contribution in [1.29, 1.82) is 0 Å². The van der Waals surface area contributed by atoms with E-state index >= 15 is 0 Å². The molecular formula is C24H31N3O2. The number of rotatable bonds is 8. The molecule has 1 aromatic carbocycles. The van der Waals surface area contributed by atoms with E-state index in [0.717, 1.165) is 56.8 Å². The van der Waals surface area contributed by atoms with E-state index in [-0.39, 0.29) is 5.91 Å². The van der Waals surface area contributed by atoms with Gasteiger partial charge in [0.1, 0.15) is 5.75 Å². The van der Waals surface area contributed by atoms with Crippen LogP contribution in [0.2, 0.25) is 0 Å². The Balaban J connectivity index is 1.30. The minimum Gasteiger partial charge on any atom is -0.497 e. The van der Waals surface area contributed by atoms with Crippen LogP contribution in [0.4, 0.5) is 0 Å². The molecule has 154 valence electrons. The molecule has 1 saturated carbocycles. The molecule has 0 radical (unpaired) electrons. The van der Waals surface area contributed by atoms with Crippen LogP contribution in [0.5, 0.6) is 5.75 Å². The molecule has 1 amide bonds. The Hall–Kier alpha value is -2.40. The van der Waals surface area contributed by atoms with Crippen molar-refractivity contribution in [3.05, 3.63) is 59.9 Å². The van der Waals surface area contributed by atoms with Crippen LogP contribution in [0.1, 0.15) is 41.6 Å². The number of likely N-dealkylation sites (tertiary alicyclic amines) is 1. The first kappa shape index (κ1) is 19.9. The Labute approximate surface area is 173 Å². The van der Waals surface area contributed by atoms with Crippen LogP contribution in [0.3, 0.4) is 0 Å². The number of piperidine rings is 1. The molecule has 1 aliphatic heterocycles. The van der Waals surface area contributed by atoms with Crippen LogP contribution in [0.25, 0.3) is 0 Å². The molecule has 0 unspecified atom stereocenters. The van der Waals surface area contributed by atoms with Crippen molar-refractivity contribution in [1.82, 2.24) is 14.8 Å². The standard InChI is InChI=1S/C24H31N3O2/c1-29-23-8-6-19(7-9-23)10-14-26-15-11-22(12-16-26)27(18-20-4-5-20)24(28)21-3-2-13-25-17-21/h2-3,6-9,13,17,20,22H,4-5,10-12,14-16,18H2,1H3. The maximum Gasteiger partial charge on any atom is 0.255 e. The number of aromatic nitrogens is 1. The normalized spacial score (nSPS) is 17.8. The van der Waals surface area contributed by atoms with Gasteiger partial charge in [-0.05, 0) is 67.9 Å². The molecule has 1 aromatic heterocycles. The second-order valence-electron chi connectivity index (χ2n) is 8.31. The zero-order valence-electron chi connectivity index (χ0n) is 17.3. The summed E-state index contributed by atoms with van der Waals surface area (Å²) in [5.74, 6) is 1.76. The third-order valence-corrected chi connectivity index (χ3v) is 6.19. The van der Waals surface area contributed by atoms with Gasteiger partial charge in [-0.1, -0.05) is 12.1 Å². The molecule has 0 bridgehead atoms. The summed E-state index contributed by atoms with van der Waals surface area (Å²) in [4.78, 5) is 21.9. The Morgan fingerprint density at radius 1 is 1.14 bits per heavy atom. The van der Waals surface area contributed by atoms with Crippen LogP contribution >= 0.6 is 0 Å². The Morgan fingerprint density at radius 2 is 1.90 bits per heavy atom. The maximum atomic E-state index is 13.1. The predicted octanol–water partition coefficient (Wildman–Crippen LogP) is 3.65. The number of methoxy groups -OCH3 is 1. The molecule has 0 spiro atoms. The Kier molecular flexibility index (Phi) is 6.45. The lowest BCUT2D eigenvalue weighted by Crippen LogP contribution is -2.48. The summed E-state index contributed by atoms with van der Waals surface area (Å²) in [5.41, 5.74) is 2.06. The fourth-order valence-electron chi connectivity index (χ4n) is 4.17. The van der Waals surface area contributed by atoms with Gasteiger partial charge in [0.05, 0.1) is 12.7 Å². The highest BCUT2D eigenvalue weighted by atomic mass is 16.5. The molecule has 5 nitrogen and oxygen atoms in total. The van der Waals surface area contributed by atoms with E-state index in [9.17, 15) is 4.79 Å². The van der Waals surface area contributed by atoms with Gasteiger partial charge < -0.3 is 14.5 Å². The highest BCUT2D eigenvalue weighted by Crippen LogP contribution is 2.32. The van der Waals surface area contributed by atoms with Crippen molar-refractivity contribution >= 4 is 5.91 Å².